The van der Waals surface area contributed by atoms with Gasteiger partial charge in [-0.2, -0.15) is 0 Å². The average Bonchev–Trinajstić information content (AvgIpc) is 3.49. The predicted octanol–water partition coefficient (Wildman–Crippen LogP) is 5.96. The van der Waals surface area contributed by atoms with Crippen LogP contribution >= 0.6 is 23.8 Å². The van der Waals surface area contributed by atoms with Crippen LogP contribution in [-0.2, 0) is 4.74 Å². The Bertz CT molecular complexity index is 1320. The summed E-state index contributed by atoms with van der Waals surface area (Å²) in [6, 6.07) is 23.8. The van der Waals surface area contributed by atoms with Gasteiger partial charge in [0.1, 0.15) is 17.6 Å². The number of furan rings is 1. The highest BCUT2D eigenvalue weighted by Gasteiger charge is 2.42. The van der Waals surface area contributed by atoms with Gasteiger partial charge in [-0.25, -0.2) is 4.79 Å². The standard InChI is InChI=1S/C26H20ClN3O3S/c1-32-25(31)17-7-5-16(6-8-17)21-13-14-22(33-21)24-23(20-4-2-3-15-28-20)29-26(34)30(24)19-11-9-18(27)10-12-19/h2-15,23-24H,1H3,(H,29,34)/t23-,24+/m1/s1. The zero-order chi connectivity index (χ0) is 23.7. The average molecular weight is 490 g/mol. The number of aromatic nitrogens is 1. The fraction of sp³-hybridized carbons (Fsp3) is 0.115. The first-order chi connectivity index (χ1) is 16.5. The minimum absolute atomic E-state index is 0.218. The van der Waals surface area contributed by atoms with Gasteiger partial charge in [0.25, 0.3) is 0 Å². The molecule has 3 heterocycles. The number of benzene rings is 2. The van der Waals surface area contributed by atoms with E-state index in [1.807, 2.05) is 71.6 Å². The summed E-state index contributed by atoms with van der Waals surface area (Å²) >= 11 is 11.8. The minimum atomic E-state index is -0.381. The molecule has 0 saturated carbocycles. The topological polar surface area (TPSA) is 67.6 Å². The van der Waals surface area contributed by atoms with Gasteiger partial charge < -0.3 is 19.4 Å². The molecule has 6 nitrogen and oxygen atoms in total. The van der Waals surface area contributed by atoms with Gasteiger partial charge in [0.2, 0.25) is 0 Å². The van der Waals surface area contributed by atoms with Gasteiger partial charge in [-0.05, 0) is 72.9 Å². The number of nitrogens with zero attached hydrogens (tertiary/aromatic N) is 2. The van der Waals surface area contributed by atoms with Crippen molar-refractivity contribution in [3.05, 3.63) is 107 Å². The Morgan fingerprint density at radius 3 is 2.50 bits per heavy atom. The van der Waals surface area contributed by atoms with Gasteiger partial charge >= 0.3 is 5.97 Å². The second-order valence-electron chi connectivity index (χ2n) is 7.74. The molecule has 1 fully saturated rings. The Kier molecular flexibility index (Phi) is 6.04. The van der Waals surface area contributed by atoms with Gasteiger partial charge in [0.05, 0.1) is 24.4 Å². The van der Waals surface area contributed by atoms with Gasteiger partial charge in [0, 0.05) is 22.5 Å². The number of rotatable bonds is 5. The lowest BCUT2D eigenvalue weighted by Crippen LogP contribution is -2.29. The molecule has 0 bridgehead atoms. The summed E-state index contributed by atoms with van der Waals surface area (Å²) in [5.74, 6) is 1.03. The van der Waals surface area contributed by atoms with Crippen molar-refractivity contribution >= 4 is 40.6 Å². The number of hydrogen-bond donors (Lipinski definition) is 1. The van der Waals surface area contributed by atoms with E-state index in [0.717, 1.165) is 22.7 Å². The number of methoxy groups -OCH3 is 1. The van der Waals surface area contributed by atoms with Gasteiger partial charge in [-0.3, -0.25) is 4.98 Å². The third-order valence-electron chi connectivity index (χ3n) is 5.71. The molecule has 2 atom stereocenters. The van der Waals surface area contributed by atoms with Gasteiger partial charge in [0.15, 0.2) is 5.11 Å². The number of esters is 1. The zero-order valence-electron chi connectivity index (χ0n) is 18.1. The molecule has 170 valence electrons. The highest BCUT2D eigenvalue weighted by atomic mass is 35.5. The van der Waals surface area contributed by atoms with E-state index >= 15 is 0 Å². The molecule has 2 aromatic heterocycles. The SMILES string of the molecule is COC(=O)c1ccc(-c2ccc([C@H]3[C@@H](c4ccccn4)NC(=S)N3c3ccc(Cl)cc3)o2)cc1. The molecule has 5 rings (SSSR count). The molecule has 4 aromatic rings. The molecule has 8 heteroatoms. The van der Waals surface area contributed by atoms with Crippen molar-refractivity contribution in [2.75, 3.05) is 12.0 Å². The number of anilines is 1. The van der Waals surface area contributed by atoms with Crippen LogP contribution in [0.2, 0.25) is 5.02 Å². The number of hydrogen-bond acceptors (Lipinski definition) is 5. The molecule has 0 amide bonds. The van der Waals surface area contributed by atoms with Crippen LogP contribution in [0.15, 0.2) is 89.5 Å². The molecule has 0 spiro atoms. The van der Waals surface area contributed by atoms with Gasteiger partial charge in [-0.15, -0.1) is 0 Å². The van der Waals surface area contributed by atoms with Crippen molar-refractivity contribution in [1.82, 2.24) is 10.3 Å². The summed E-state index contributed by atoms with van der Waals surface area (Å²) < 4.78 is 11.1. The van der Waals surface area contributed by atoms with E-state index in [4.69, 9.17) is 33.0 Å². The largest absolute Gasteiger partial charge is 0.465 e. The second kappa shape index (κ2) is 9.29. The minimum Gasteiger partial charge on any atom is -0.465 e. The number of carbonyl (C=O) groups excluding carboxylic acids is 1. The number of nitrogens with one attached hydrogen (secondary N) is 1. The highest BCUT2D eigenvalue weighted by Crippen LogP contribution is 2.43. The maximum absolute atomic E-state index is 11.7. The Morgan fingerprint density at radius 1 is 1.06 bits per heavy atom. The van der Waals surface area contributed by atoms with Crippen LogP contribution in [0.5, 0.6) is 0 Å². The van der Waals surface area contributed by atoms with E-state index in [0.29, 0.717) is 21.5 Å². The van der Waals surface area contributed by atoms with Gasteiger partial charge in [-0.1, -0.05) is 29.8 Å². The highest BCUT2D eigenvalue weighted by molar-refractivity contribution is 7.80. The fourth-order valence-electron chi connectivity index (χ4n) is 4.08. The lowest BCUT2D eigenvalue weighted by atomic mass is 10.0. The maximum atomic E-state index is 11.7. The molecule has 0 aliphatic carbocycles. The fourth-order valence-corrected chi connectivity index (χ4v) is 4.55. The first-order valence-corrected chi connectivity index (χ1v) is 11.4. The Labute approximate surface area is 207 Å². The Balaban J connectivity index is 1.54. The van der Waals surface area contributed by atoms with Crippen molar-refractivity contribution in [2.45, 2.75) is 12.1 Å². The number of ether oxygens (including phenoxy) is 1. The molecular weight excluding hydrogens is 470 g/mol. The van der Waals surface area contributed by atoms with E-state index in [2.05, 4.69) is 10.3 Å². The summed E-state index contributed by atoms with van der Waals surface area (Å²) in [4.78, 5) is 18.3. The molecule has 34 heavy (non-hydrogen) atoms. The smallest absolute Gasteiger partial charge is 0.337 e. The van der Waals surface area contributed by atoms with Crippen LogP contribution in [0.3, 0.4) is 0 Å². The third kappa shape index (κ3) is 4.16. The van der Waals surface area contributed by atoms with Crippen molar-refractivity contribution < 1.29 is 13.9 Å². The van der Waals surface area contributed by atoms with Crippen LogP contribution in [0.25, 0.3) is 11.3 Å². The van der Waals surface area contributed by atoms with E-state index < -0.39 is 0 Å². The van der Waals surface area contributed by atoms with Crippen molar-refractivity contribution in [3.63, 3.8) is 0 Å². The monoisotopic (exact) mass is 489 g/mol. The number of halogens is 1. The quantitative estimate of drug-likeness (QED) is 0.274. The summed E-state index contributed by atoms with van der Waals surface area (Å²) in [6.45, 7) is 0. The van der Waals surface area contributed by atoms with Crippen LogP contribution in [0.4, 0.5) is 5.69 Å². The molecule has 0 radical (unpaired) electrons. The van der Waals surface area contributed by atoms with E-state index in [9.17, 15) is 4.79 Å². The first-order valence-electron chi connectivity index (χ1n) is 10.6. The second-order valence-corrected chi connectivity index (χ2v) is 8.57. The molecule has 1 aliphatic heterocycles. The summed E-state index contributed by atoms with van der Waals surface area (Å²) in [6.07, 6.45) is 1.76. The molecule has 1 aliphatic rings. The summed E-state index contributed by atoms with van der Waals surface area (Å²) in [5.41, 5.74) is 3.07. The summed E-state index contributed by atoms with van der Waals surface area (Å²) in [7, 11) is 1.36. The van der Waals surface area contributed by atoms with Crippen molar-refractivity contribution in [3.8, 4) is 11.3 Å². The van der Waals surface area contributed by atoms with E-state index in [1.165, 1.54) is 7.11 Å². The number of carbonyl (C=O) groups is 1. The molecule has 0 unspecified atom stereocenters. The van der Waals surface area contributed by atoms with Crippen molar-refractivity contribution in [2.24, 2.45) is 0 Å². The van der Waals surface area contributed by atoms with E-state index in [-0.39, 0.29) is 18.1 Å². The molecular formula is C26H20ClN3O3S. The van der Waals surface area contributed by atoms with Crippen LogP contribution < -0.4 is 10.2 Å². The van der Waals surface area contributed by atoms with Crippen LogP contribution in [0, 0.1) is 0 Å². The maximum Gasteiger partial charge on any atom is 0.337 e. The molecule has 1 saturated heterocycles. The van der Waals surface area contributed by atoms with E-state index in [1.54, 1.807) is 18.3 Å². The Hall–Kier alpha value is -3.68. The Morgan fingerprint density at radius 2 is 1.82 bits per heavy atom. The first kappa shape index (κ1) is 22.1. The molecule has 1 N–H and O–H groups in total. The number of thiocarbonyl (C=S) groups is 1. The third-order valence-corrected chi connectivity index (χ3v) is 6.28. The lowest BCUT2D eigenvalue weighted by Gasteiger charge is -2.26. The number of pyridine rings is 1. The van der Waals surface area contributed by atoms with Crippen molar-refractivity contribution in [1.29, 1.82) is 0 Å². The normalized spacial score (nSPS) is 17.5. The lowest BCUT2D eigenvalue weighted by molar-refractivity contribution is 0.0600. The van der Waals surface area contributed by atoms with Crippen LogP contribution in [-0.4, -0.2) is 23.2 Å². The summed E-state index contributed by atoms with van der Waals surface area (Å²) in [5, 5.41) is 4.63. The zero-order valence-corrected chi connectivity index (χ0v) is 19.7. The predicted molar refractivity (Wildman–Crippen MR) is 135 cm³/mol. The van der Waals surface area contributed by atoms with Crippen LogP contribution in [0.1, 0.15) is 33.9 Å². The molecule has 2 aromatic carbocycles.